The van der Waals surface area contributed by atoms with Crippen LogP contribution in [0.5, 0.6) is 0 Å². The van der Waals surface area contributed by atoms with Gasteiger partial charge in [-0.3, -0.25) is 9.59 Å². The third-order valence-corrected chi connectivity index (χ3v) is 3.43. The normalized spacial score (nSPS) is 18.3. The smallest absolute Gasteiger partial charge is 0.312 e. The quantitative estimate of drug-likeness (QED) is 0.907. The van der Waals surface area contributed by atoms with Crippen LogP contribution >= 0.6 is 0 Å². The summed E-state index contributed by atoms with van der Waals surface area (Å²) >= 11 is 0. The molecule has 0 spiro atoms. The van der Waals surface area contributed by atoms with Crippen LogP contribution in [0.3, 0.4) is 0 Å². The van der Waals surface area contributed by atoms with Gasteiger partial charge in [-0.05, 0) is 17.0 Å². The van der Waals surface area contributed by atoms with E-state index in [9.17, 15) is 14.7 Å². The van der Waals surface area contributed by atoms with E-state index in [4.69, 9.17) is 0 Å². The van der Waals surface area contributed by atoms with Gasteiger partial charge < -0.3 is 10.0 Å². The molecule has 0 fully saturated rings. The molecule has 1 aromatic rings. The average molecular weight is 261 g/mol. The number of rotatable bonds is 3. The minimum atomic E-state index is -0.866. The summed E-state index contributed by atoms with van der Waals surface area (Å²) in [5, 5.41) is 9.33. The second-order valence-corrected chi connectivity index (χ2v) is 5.46. The predicted molar refractivity (Wildman–Crippen MR) is 71.7 cm³/mol. The van der Waals surface area contributed by atoms with E-state index in [0.29, 0.717) is 13.0 Å². The molecule has 0 saturated carbocycles. The Balaban J connectivity index is 2.25. The lowest BCUT2D eigenvalue weighted by atomic mass is 9.89. The van der Waals surface area contributed by atoms with Crippen LogP contribution in [0.2, 0.25) is 0 Å². The van der Waals surface area contributed by atoms with Gasteiger partial charge >= 0.3 is 5.97 Å². The lowest BCUT2D eigenvalue weighted by Gasteiger charge is -2.33. The first-order chi connectivity index (χ1) is 8.99. The molecule has 1 amide bonds. The molecule has 102 valence electrons. The largest absolute Gasteiger partial charge is 0.481 e. The Morgan fingerprint density at radius 2 is 2.05 bits per heavy atom. The summed E-state index contributed by atoms with van der Waals surface area (Å²) in [5.41, 5.74) is 1.78. The van der Waals surface area contributed by atoms with E-state index in [1.807, 2.05) is 38.1 Å². The summed E-state index contributed by atoms with van der Waals surface area (Å²) in [5.74, 6) is -1.15. The summed E-state index contributed by atoms with van der Waals surface area (Å²) in [7, 11) is 0. The highest BCUT2D eigenvalue weighted by Crippen LogP contribution is 2.29. The van der Waals surface area contributed by atoms with Gasteiger partial charge in [0.25, 0.3) is 0 Å². The molecule has 2 rings (SSSR count). The number of nitrogens with zero attached hydrogens (tertiary/aromatic N) is 1. The molecule has 0 radical (unpaired) electrons. The highest BCUT2D eigenvalue weighted by molar-refractivity contribution is 5.81. The van der Waals surface area contributed by atoms with Crippen LogP contribution in [-0.4, -0.2) is 28.4 Å². The molecular formula is C15H19NO3. The van der Waals surface area contributed by atoms with Crippen molar-refractivity contribution in [2.75, 3.05) is 6.54 Å². The second kappa shape index (κ2) is 5.43. The number of benzene rings is 1. The van der Waals surface area contributed by atoms with E-state index in [-0.39, 0.29) is 18.4 Å². The summed E-state index contributed by atoms with van der Waals surface area (Å²) < 4.78 is 0. The topological polar surface area (TPSA) is 57.6 Å². The fraction of sp³-hybridized carbons (Fsp3) is 0.467. The van der Waals surface area contributed by atoms with Crippen LogP contribution in [0, 0.1) is 5.92 Å². The Morgan fingerprint density at radius 3 is 2.68 bits per heavy atom. The number of amides is 1. The van der Waals surface area contributed by atoms with Crippen molar-refractivity contribution in [3.05, 3.63) is 35.4 Å². The molecule has 19 heavy (non-hydrogen) atoms. The molecule has 1 atom stereocenters. The van der Waals surface area contributed by atoms with Crippen molar-refractivity contribution in [2.24, 2.45) is 5.92 Å². The summed E-state index contributed by atoms with van der Waals surface area (Å²) in [4.78, 5) is 25.2. The van der Waals surface area contributed by atoms with Gasteiger partial charge in [-0.25, -0.2) is 0 Å². The maximum Gasteiger partial charge on any atom is 0.312 e. The van der Waals surface area contributed by atoms with Gasteiger partial charge in [-0.2, -0.15) is 0 Å². The van der Waals surface area contributed by atoms with E-state index in [2.05, 4.69) is 0 Å². The molecule has 0 saturated heterocycles. The number of carbonyl (C=O) groups excluding carboxylic acids is 1. The van der Waals surface area contributed by atoms with E-state index in [1.165, 1.54) is 0 Å². The van der Waals surface area contributed by atoms with Gasteiger partial charge in [-0.15, -0.1) is 0 Å². The summed E-state index contributed by atoms with van der Waals surface area (Å²) in [6.45, 7) is 4.78. The highest BCUT2D eigenvalue weighted by atomic mass is 16.4. The van der Waals surface area contributed by atoms with Crippen molar-refractivity contribution in [3.63, 3.8) is 0 Å². The molecule has 1 aromatic carbocycles. The van der Waals surface area contributed by atoms with Crippen LogP contribution in [0.4, 0.5) is 0 Å². The van der Waals surface area contributed by atoms with Crippen molar-refractivity contribution < 1.29 is 14.7 Å². The highest BCUT2D eigenvalue weighted by Gasteiger charge is 2.32. The van der Waals surface area contributed by atoms with Gasteiger partial charge in [0.15, 0.2) is 0 Å². The number of carboxylic acids is 1. The number of carboxylic acid groups (broad SMARTS) is 1. The van der Waals surface area contributed by atoms with Crippen molar-refractivity contribution in [3.8, 4) is 0 Å². The van der Waals surface area contributed by atoms with Gasteiger partial charge in [0.1, 0.15) is 0 Å². The Kier molecular flexibility index (Phi) is 3.88. The zero-order valence-electron chi connectivity index (χ0n) is 11.3. The fourth-order valence-electron chi connectivity index (χ4n) is 2.49. The van der Waals surface area contributed by atoms with E-state index in [1.54, 1.807) is 4.90 Å². The number of fused-ring (bicyclic) bond motifs is 1. The number of aliphatic carboxylic acids is 1. The van der Waals surface area contributed by atoms with Crippen LogP contribution in [0.15, 0.2) is 24.3 Å². The monoisotopic (exact) mass is 261 g/mol. The molecule has 1 N–H and O–H groups in total. The second-order valence-electron chi connectivity index (χ2n) is 5.46. The molecule has 0 bridgehead atoms. The Labute approximate surface area is 113 Å². The molecule has 4 nitrogen and oxygen atoms in total. The molecule has 4 heteroatoms. The minimum absolute atomic E-state index is 0.0377. The molecular weight excluding hydrogens is 242 g/mol. The first kappa shape index (κ1) is 13.6. The predicted octanol–water partition coefficient (Wildman–Crippen LogP) is 2.24. The molecule has 1 heterocycles. The molecule has 0 aliphatic carbocycles. The summed E-state index contributed by atoms with van der Waals surface area (Å²) in [6, 6.07) is 7.48. The maximum atomic E-state index is 12.1. The van der Waals surface area contributed by atoms with Crippen LogP contribution in [0.25, 0.3) is 0 Å². The first-order valence-electron chi connectivity index (χ1n) is 6.57. The standard InChI is InChI=1S/C15H19NO3/c1-10(2)7-14(17)16-8-11-5-3-4-6-12(11)13(9-16)15(18)19/h3-6,10,13H,7-9H2,1-2H3,(H,18,19). The maximum absolute atomic E-state index is 12.1. The van der Waals surface area contributed by atoms with Gasteiger partial charge in [0.2, 0.25) is 5.91 Å². The van der Waals surface area contributed by atoms with Crippen molar-refractivity contribution in [2.45, 2.75) is 32.7 Å². The zero-order valence-corrected chi connectivity index (χ0v) is 11.3. The van der Waals surface area contributed by atoms with E-state index >= 15 is 0 Å². The molecule has 1 unspecified atom stereocenters. The van der Waals surface area contributed by atoms with Gasteiger partial charge in [0.05, 0.1) is 5.92 Å². The lowest BCUT2D eigenvalue weighted by Crippen LogP contribution is -2.40. The molecule has 1 aliphatic heterocycles. The van der Waals surface area contributed by atoms with Crippen LogP contribution in [0.1, 0.15) is 37.3 Å². The third-order valence-electron chi connectivity index (χ3n) is 3.43. The van der Waals surface area contributed by atoms with Crippen molar-refractivity contribution >= 4 is 11.9 Å². The van der Waals surface area contributed by atoms with Gasteiger partial charge in [0, 0.05) is 19.5 Å². The lowest BCUT2D eigenvalue weighted by molar-refractivity contribution is -0.141. The van der Waals surface area contributed by atoms with E-state index < -0.39 is 11.9 Å². The average Bonchev–Trinajstić information content (AvgIpc) is 2.36. The molecule has 1 aliphatic rings. The SMILES string of the molecule is CC(C)CC(=O)N1Cc2ccccc2C(C(=O)O)C1. The zero-order chi connectivity index (χ0) is 14.0. The van der Waals surface area contributed by atoms with Gasteiger partial charge in [-0.1, -0.05) is 38.1 Å². The molecule has 0 aromatic heterocycles. The van der Waals surface area contributed by atoms with E-state index in [0.717, 1.165) is 11.1 Å². The number of hydrogen-bond donors (Lipinski definition) is 1. The van der Waals surface area contributed by atoms with Crippen molar-refractivity contribution in [1.29, 1.82) is 0 Å². The Morgan fingerprint density at radius 1 is 1.37 bits per heavy atom. The number of carbonyl (C=O) groups is 2. The minimum Gasteiger partial charge on any atom is -0.481 e. The Hall–Kier alpha value is -1.84. The van der Waals surface area contributed by atoms with Crippen molar-refractivity contribution in [1.82, 2.24) is 4.90 Å². The summed E-state index contributed by atoms with van der Waals surface area (Å²) in [6.07, 6.45) is 0.467. The third kappa shape index (κ3) is 2.95. The Bertz CT molecular complexity index is 496. The fourth-order valence-corrected chi connectivity index (χ4v) is 2.49. The van der Waals surface area contributed by atoms with Crippen LogP contribution < -0.4 is 0 Å². The first-order valence-corrected chi connectivity index (χ1v) is 6.57. The number of hydrogen-bond acceptors (Lipinski definition) is 2. The van der Waals surface area contributed by atoms with Crippen LogP contribution in [-0.2, 0) is 16.1 Å².